The molecule has 2 unspecified atom stereocenters. The van der Waals surface area contributed by atoms with E-state index in [1.807, 2.05) is 0 Å². The van der Waals surface area contributed by atoms with E-state index in [9.17, 15) is 9.59 Å². The van der Waals surface area contributed by atoms with Gasteiger partial charge in [-0.3, -0.25) is 0 Å². The number of carbonyl (C=O) groups excluding carboxylic acids is 1. The minimum Gasteiger partial charge on any atom is -0.479 e. The van der Waals surface area contributed by atoms with Gasteiger partial charge in [-0.05, 0) is 0 Å². The Morgan fingerprint density at radius 3 is 1.58 bits per heavy atom. The van der Waals surface area contributed by atoms with E-state index < -0.39 is 33.4 Å². The third kappa shape index (κ3) is 23.1. The quantitative estimate of drug-likeness (QED) is 0.283. The number of carboxylic acid groups (broad SMARTS) is 1. The summed E-state index contributed by atoms with van der Waals surface area (Å²) in [4.78, 5) is 19.8. The molecular formula is C7H16Cl2N2O7S. The van der Waals surface area contributed by atoms with Gasteiger partial charge < -0.3 is 31.5 Å². The molecule has 9 nitrogen and oxygen atoms in total. The van der Waals surface area contributed by atoms with Gasteiger partial charge in [-0.2, -0.15) is 0 Å². The fraction of sp³-hybridized carbons (Fsp3) is 0.714. The number of aliphatic carboxylic acids is 1. The Morgan fingerprint density at radius 2 is 1.53 bits per heavy atom. The summed E-state index contributed by atoms with van der Waals surface area (Å²) in [6.07, 6.45) is -2.57. The van der Waals surface area contributed by atoms with Gasteiger partial charge in [0.05, 0.1) is 7.11 Å². The van der Waals surface area contributed by atoms with Crippen LogP contribution in [0, 0.1) is 0 Å². The van der Waals surface area contributed by atoms with Crippen molar-refractivity contribution < 1.29 is 33.9 Å². The summed E-state index contributed by atoms with van der Waals surface area (Å²) in [6.45, 7) is -0.317. The second-order valence-electron chi connectivity index (χ2n) is 2.55. The van der Waals surface area contributed by atoms with E-state index in [0.29, 0.717) is 0 Å². The fourth-order valence-corrected chi connectivity index (χ4v) is 0.333. The SMILES string of the molecule is COC(=O)C(O)CN.NCC(O)C(=O)O.O=S(Cl)Cl. The lowest BCUT2D eigenvalue weighted by Gasteiger charge is -2.02. The van der Waals surface area contributed by atoms with E-state index in [1.54, 1.807) is 0 Å². The van der Waals surface area contributed by atoms with Crippen LogP contribution in [0.3, 0.4) is 0 Å². The number of aliphatic hydroxyl groups is 2. The first-order chi connectivity index (χ1) is 8.63. The molecule has 0 saturated carbocycles. The van der Waals surface area contributed by atoms with E-state index in [4.69, 9.17) is 31.0 Å². The average Bonchev–Trinajstić information content (AvgIpc) is 2.35. The number of rotatable bonds is 4. The number of hydrogen-bond acceptors (Lipinski definition) is 8. The molecule has 0 heterocycles. The predicted molar refractivity (Wildman–Crippen MR) is 69.6 cm³/mol. The number of carbonyl (C=O) groups is 2. The minimum atomic E-state index is -1.67. The molecule has 0 aliphatic carbocycles. The summed E-state index contributed by atoms with van der Waals surface area (Å²) in [5.41, 5.74) is 9.64. The summed E-state index contributed by atoms with van der Waals surface area (Å²) in [5.74, 6) is -1.96. The molecule has 0 amide bonds. The molecule has 19 heavy (non-hydrogen) atoms. The highest BCUT2D eigenvalue weighted by atomic mass is 36.0. The fourth-order valence-electron chi connectivity index (χ4n) is 0.333. The van der Waals surface area contributed by atoms with E-state index in [-0.39, 0.29) is 13.1 Å². The van der Waals surface area contributed by atoms with Crippen molar-refractivity contribution >= 4 is 42.5 Å². The standard InChI is InChI=1S/C4H9NO3.C3H7NO3.Cl2OS/c1-8-4(7)3(6)2-5;4-1-2(5)3(6)7;1-4(2)3/h3,6H,2,5H2,1H3;2,5H,1,4H2,(H,6,7);. The molecule has 0 aromatic carbocycles. The molecule has 0 spiro atoms. The Balaban J connectivity index is -0.000000214. The second-order valence-corrected chi connectivity index (χ2v) is 5.07. The number of aliphatic hydroxyl groups excluding tert-OH is 2. The van der Waals surface area contributed by atoms with Crippen LogP contribution in [0.2, 0.25) is 0 Å². The van der Waals surface area contributed by atoms with Crippen molar-refractivity contribution in [3.63, 3.8) is 0 Å². The number of carboxylic acids is 1. The topological polar surface area (TPSA) is 173 Å². The van der Waals surface area contributed by atoms with Gasteiger partial charge in [-0.1, -0.05) is 0 Å². The molecule has 12 heteroatoms. The molecule has 0 fully saturated rings. The van der Waals surface area contributed by atoms with Crippen LogP contribution >= 0.6 is 21.4 Å². The molecule has 0 aliphatic heterocycles. The van der Waals surface area contributed by atoms with Crippen LogP contribution in [0.15, 0.2) is 0 Å². The van der Waals surface area contributed by atoms with E-state index >= 15 is 0 Å². The second kappa shape index (κ2) is 15.6. The zero-order valence-electron chi connectivity index (χ0n) is 9.86. The van der Waals surface area contributed by atoms with Crippen molar-refractivity contribution in [3.8, 4) is 0 Å². The van der Waals surface area contributed by atoms with Gasteiger partial charge in [0.1, 0.15) is 0 Å². The average molecular weight is 343 g/mol. The maximum absolute atomic E-state index is 10.2. The molecule has 0 aliphatic rings. The van der Waals surface area contributed by atoms with Gasteiger partial charge >= 0.3 is 11.9 Å². The van der Waals surface area contributed by atoms with Gasteiger partial charge in [-0.15, -0.1) is 0 Å². The van der Waals surface area contributed by atoms with Gasteiger partial charge in [0.2, 0.25) is 9.23 Å². The lowest BCUT2D eigenvalue weighted by Crippen LogP contribution is -2.29. The summed E-state index contributed by atoms with van der Waals surface area (Å²) in [7, 11) is 8.55. The van der Waals surface area contributed by atoms with E-state index in [0.717, 1.165) is 0 Å². The molecule has 0 aromatic rings. The van der Waals surface area contributed by atoms with Crippen LogP contribution in [0.4, 0.5) is 0 Å². The Labute approximate surface area is 120 Å². The molecular weight excluding hydrogens is 327 g/mol. The van der Waals surface area contributed by atoms with Crippen molar-refractivity contribution in [2.75, 3.05) is 20.2 Å². The van der Waals surface area contributed by atoms with Crippen molar-refractivity contribution in [3.05, 3.63) is 0 Å². The van der Waals surface area contributed by atoms with Crippen LogP contribution in [0.5, 0.6) is 0 Å². The van der Waals surface area contributed by atoms with Crippen LogP contribution in [-0.4, -0.2) is 63.9 Å². The maximum atomic E-state index is 10.2. The van der Waals surface area contributed by atoms with Crippen LogP contribution < -0.4 is 11.5 Å². The Kier molecular flexibility index (Phi) is 19.3. The zero-order valence-corrected chi connectivity index (χ0v) is 12.2. The molecule has 2 atom stereocenters. The van der Waals surface area contributed by atoms with Gasteiger partial charge in [0.25, 0.3) is 0 Å². The normalized spacial score (nSPS) is 12.2. The summed E-state index contributed by atoms with van der Waals surface area (Å²) in [6, 6.07) is 0. The molecule has 7 N–H and O–H groups in total. The van der Waals surface area contributed by atoms with Crippen molar-refractivity contribution in [2.24, 2.45) is 11.5 Å². The Hall–Kier alpha value is -0.490. The van der Waals surface area contributed by atoms with E-state index in [2.05, 4.69) is 26.1 Å². The maximum Gasteiger partial charge on any atom is 0.336 e. The highest BCUT2D eigenvalue weighted by Crippen LogP contribution is 1.89. The van der Waals surface area contributed by atoms with Crippen molar-refractivity contribution in [1.82, 2.24) is 0 Å². The monoisotopic (exact) mass is 342 g/mol. The van der Waals surface area contributed by atoms with Crippen molar-refractivity contribution in [1.29, 1.82) is 0 Å². The van der Waals surface area contributed by atoms with Crippen LogP contribution in [0.25, 0.3) is 0 Å². The predicted octanol–water partition coefficient (Wildman–Crippen LogP) is -2.09. The number of ether oxygens (including phenoxy) is 1. The Morgan fingerprint density at radius 1 is 1.21 bits per heavy atom. The molecule has 0 saturated heterocycles. The number of nitrogens with two attached hydrogens (primary N) is 2. The van der Waals surface area contributed by atoms with Crippen LogP contribution in [-0.2, 0) is 23.6 Å². The molecule has 0 bridgehead atoms. The first-order valence-electron chi connectivity index (χ1n) is 4.45. The zero-order chi connectivity index (χ0) is 16.0. The minimum absolute atomic E-state index is 0.0906. The molecule has 0 aromatic heterocycles. The Bertz CT molecular complexity index is 278. The lowest BCUT2D eigenvalue weighted by atomic mass is 10.4. The van der Waals surface area contributed by atoms with Gasteiger partial charge in [0, 0.05) is 34.5 Å². The molecule has 0 radical (unpaired) electrons. The molecule has 116 valence electrons. The van der Waals surface area contributed by atoms with Crippen molar-refractivity contribution in [2.45, 2.75) is 12.2 Å². The number of halogens is 2. The number of methoxy groups -OCH3 is 1. The first kappa shape index (κ1) is 23.6. The molecule has 0 rings (SSSR count). The van der Waals surface area contributed by atoms with Gasteiger partial charge in [-0.25, -0.2) is 13.8 Å². The summed E-state index contributed by atoms with van der Waals surface area (Å²) < 4.78 is 13.2. The highest BCUT2D eigenvalue weighted by Gasteiger charge is 2.11. The third-order valence-corrected chi connectivity index (χ3v) is 1.20. The van der Waals surface area contributed by atoms with E-state index in [1.165, 1.54) is 7.11 Å². The summed E-state index contributed by atoms with van der Waals surface area (Å²) >= 11 is 0. The van der Waals surface area contributed by atoms with Gasteiger partial charge in [0.15, 0.2) is 12.2 Å². The summed E-state index contributed by atoms with van der Waals surface area (Å²) in [5, 5.41) is 24.6. The highest BCUT2D eigenvalue weighted by molar-refractivity contribution is 8.26. The first-order valence-corrected chi connectivity index (χ1v) is 7.25. The number of esters is 1. The number of hydrogen-bond donors (Lipinski definition) is 5. The smallest absolute Gasteiger partial charge is 0.336 e. The third-order valence-electron chi connectivity index (χ3n) is 1.20. The lowest BCUT2D eigenvalue weighted by molar-refractivity contribution is -0.149. The van der Waals surface area contributed by atoms with Crippen LogP contribution in [0.1, 0.15) is 0 Å². The largest absolute Gasteiger partial charge is 0.479 e.